The van der Waals surface area contributed by atoms with E-state index in [1.165, 1.54) is 32.4 Å². The first kappa shape index (κ1) is 13.7. The Labute approximate surface area is 116 Å². The predicted molar refractivity (Wildman–Crippen MR) is 73.7 cm³/mol. The largest absolute Gasteiger partial charge is 0.504 e. The fourth-order valence-electron chi connectivity index (χ4n) is 1.92. The molecule has 0 saturated carbocycles. The molecule has 0 atom stereocenters. The third kappa shape index (κ3) is 2.38. The smallest absolute Gasteiger partial charge is 0.165 e. The van der Waals surface area contributed by atoms with Gasteiger partial charge in [0.1, 0.15) is 6.29 Å². The molecule has 5 heteroatoms. The summed E-state index contributed by atoms with van der Waals surface area (Å²) in [4.78, 5) is 10.9. The van der Waals surface area contributed by atoms with Gasteiger partial charge in [0.25, 0.3) is 0 Å². The lowest BCUT2D eigenvalue weighted by molar-refractivity contribution is 0.112. The summed E-state index contributed by atoms with van der Waals surface area (Å²) in [5.74, 6) is 0.397. The number of hydrogen-bond acceptors (Lipinski definition) is 5. The van der Waals surface area contributed by atoms with Crippen LogP contribution in [0.15, 0.2) is 30.3 Å². The van der Waals surface area contributed by atoms with Crippen molar-refractivity contribution in [1.29, 1.82) is 0 Å². The van der Waals surface area contributed by atoms with Crippen LogP contribution in [0.2, 0.25) is 0 Å². The molecule has 20 heavy (non-hydrogen) atoms. The number of ether oxygens (including phenoxy) is 2. The molecule has 2 aromatic rings. The van der Waals surface area contributed by atoms with Gasteiger partial charge in [0.05, 0.1) is 14.2 Å². The molecule has 2 N–H and O–H groups in total. The van der Waals surface area contributed by atoms with E-state index < -0.39 is 0 Å². The van der Waals surface area contributed by atoms with E-state index in [-0.39, 0.29) is 23.0 Å². The van der Waals surface area contributed by atoms with Gasteiger partial charge < -0.3 is 19.7 Å². The minimum absolute atomic E-state index is 0.00533. The lowest BCUT2D eigenvalue weighted by Gasteiger charge is -2.12. The number of phenolic OH excluding ortho intramolecular Hbond substituents is 2. The van der Waals surface area contributed by atoms with Gasteiger partial charge in [0, 0.05) is 11.1 Å². The van der Waals surface area contributed by atoms with Gasteiger partial charge in [0.15, 0.2) is 23.0 Å². The molecule has 0 aliphatic rings. The highest BCUT2D eigenvalue weighted by molar-refractivity contribution is 5.84. The third-order valence-corrected chi connectivity index (χ3v) is 2.94. The van der Waals surface area contributed by atoms with Crippen LogP contribution in [0.4, 0.5) is 0 Å². The maximum absolute atomic E-state index is 10.9. The summed E-state index contributed by atoms with van der Waals surface area (Å²) in [5.41, 5.74) is 1.39. The lowest BCUT2D eigenvalue weighted by Crippen LogP contribution is -1.91. The molecule has 0 aliphatic heterocycles. The maximum atomic E-state index is 10.9. The van der Waals surface area contributed by atoms with Crippen molar-refractivity contribution in [2.24, 2.45) is 0 Å². The van der Waals surface area contributed by atoms with Crippen molar-refractivity contribution in [3.63, 3.8) is 0 Å². The highest BCUT2D eigenvalue weighted by atomic mass is 16.5. The number of carbonyl (C=O) groups is 1. The van der Waals surface area contributed by atoms with Gasteiger partial charge in [-0.1, -0.05) is 6.07 Å². The Morgan fingerprint density at radius 3 is 2.30 bits per heavy atom. The fourth-order valence-corrected chi connectivity index (χ4v) is 1.92. The molecule has 0 heterocycles. The van der Waals surface area contributed by atoms with Crippen molar-refractivity contribution < 1.29 is 24.5 Å². The van der Waals surface area contributed by atoms with E-state index in [0.29, 0.717) is 23.0 Å². The molecule has 0 amide bonds. The Bertz CT molecular complexity index is 649. The van der Waals surface area contributed by atoms with Crippen molar-refractivity contribution >= 4 is 6.29 Å². The van der Waals surface area contributed by atoms with Gasteiger partial charge in [-0.25, -0.2) is 0 Å². The quantitative estimate of drug-likeness (QED) is 0.838. The average Bonchev–Trinajstić information content (AvgIpc) is 2.48. The van der Waals surface area contributed by atoms with Crippen LogP contribution in [-0.2, 0) is 0 Å². The second-order valence-corrected chi connectivity index (χ2v) is 4.12. The molecule has 104 valence electrons. The van der Waals surface area contributed by atoms with Gasteiger partial charge in [-0.15, -0.1) is 0 Å². The van der Waals surface area contributed by atoms with Crippen molar-refractivity contribution in [2.45, 2.75) is 0 Å². The molecule has 0 unspecified atom stereocenters. The Hall–Kier alpha value is -2.69. The molecule has 0 fully saturated rings. The molecule has 0 bridgehead atoms. The van der Waals surface area contributed by atoms with E-state index in [0.717, 1.165) is 0 Å². The third-order valence-electron chi connectivity index (χ3n) is 2.94. The zero-order valence-electron chi connectivity index (χ0n) is 11.1. The number of methoxy groups -OCH3 is 2. The number of rotatable bonds is 4. The highest BCUT2D eigenvalue weighted by Crippen LogP contribution is 2.40. The second kappa shape index (κ2) is 5.52. The second-order valence-electron chi connectivity index (χ2n) is 4.12. The summed E-state index contributed by atoms with van der Waals surface area (Å²) in [6.07, 6.45) is 0.670. The SMILES string of the molecule is COc1cc(-c2cc(C=O)cc(OC)c2O)ccc1O. The van der Waals surface area contributed by atoms with Crippen LogP contribution in [0.1, 0.15) is 10.4 Å². The summed E-state index contributed by atoms with van der Waals surface area (Å²) in [6, 6.07) is 7.62. The lowest BCUT2D eigenvalue weighted by atomic mass is 10.0. The van der Waals surface area contributed by atoms with E-state index in [4.69, 9.17) is 9.47 Å². The highest BCUT2D eigenvalue weighted by Gasteiger charge is 2.14. The first-order valence-corrected chi connectivity index (χ1v) is 5.84. The molecule has 2 rings (SSSR count). The van der Waals surface area contributed by atoms with Crippen LogP contribution in [0.25, 0.3) is 11.1 Å². The normalized spacial score (nSPS) is 10.1. The summed E-state index contributed by atoms with van der Waals surface area (Å²) in [5, 5.41) is 19.7. The maximum Gasteiger partial charge on any atom is 0.165 e. The molecule has 0 spiro atoms. The molecular formula is C15H14O5. The molecule has 0 saturated heterocycles. The van der Waals surface area contributed by atoms with Crippen molar-refractivity contribution in [3.8, 4) is 34.1 Å². The number of aromatic hydroxyl groups is 2. The zero-order chi connectivity index (χ0) is 14.7. The van der Waals surface area contributed by atoms with E-state index in [1.807, 2.05) is 0 Å². The molecule has 0 aliphatic carbocycles. The predicted octanol–water partition coefficient (Wildman–Crippen LogP) is 2.59. The Balaban J connectivity index is 2.65. The van der Waals surface area contributed by atoms with Crippen LogP contribution in [0.3, 0.4) is 0 Å². The number of hydrogen-bond donors (Lipinski definition) is 2. The van der Waals surface area contributed by atoms with Crippen LogP contribution in [0.5, 0.6) is 23.0 Å². The monoisotopic (exact) mass is 274 g/mol. The van der Waals surface area contributed by atoms with E-state index >= 15 is 0 Å². The van der Waals surface area contributed by atoms with Gasteiger partial charge in [0.2, 0.25) is 0 Å². The standard InChI is InChI=1S/C15H14O5/c1-19-13-7-10(3-4-12(13)17)11-5-9(8-16)6-14(20-2)15(11)18/h3-8,17-18H,1-2H3. The van der Waals surface area contributed by atoms with Gasteiger partial charge in [-0.05, 0) is 29.8 Å². The first-order chi connectivity index (χ1) is 9.60. The summed E-state index contributed by atoms with van der Waals surface area (Å²) < 4.78 is 10.1. The summed E-state index contributed by atoms with van der Waals surface area (Å²) >= 11 is 0. The first-order valence-electron chi connectivity index (χ1n) is 5.84. The van der Waals surface area contributed by atoms with Gasteiger partial charge in [-0.2, -0.15) is 0 Å². The van der Waals surface area contributed by atoms with Crippen LogP contribution < -0.4 is 9.47 Å². The van der Waals surface area contributed by atoms with Crippen LogP contribution >= 0.6 is 0 Å². The van der Waals surface area contributed by atoms with Gasteiger partial charge in [-0.3, -0.25) is 4.79 Å². The van der Waals surface area contributed by atoms with Crippen molar-refractivity contribution in [3.05, 3.63) is 35.9 Å². The summed E-state index contributed by atoms with van der Waals surface area (Å²) in [7, 11) is 2.84. The minimum Gasteiger partial charge on any atom is -0.504 e. The van der Waals surface area contributed by atoms with E-state index in [9.17, 15) is 15.0 Å². The van der Waals surface area contributed by atoms with Crippen LogP contribution in [0, 0.1) is 0 Å². The molecule has 0 radical (unpaired) electrons. The molecular weight excluding hydrogens is 260 g/mol. The topological polar surface area (TPSA) is 76.0 Å². The van der Waals surface area contributed by atoms with Crippen molar-refractivity contribution in [2.75, 3.05) is 14.2 Å². The number of aldehydes is 1. The minimum atomic E-state index is -0.0779. The Morgan fingerprint density at radius 1 is 1.00 bits per heavy atom. The Morgan fingerprint density at radius 2 is 1.70 bits per heavy atom. The molecule has 0 aromatic heterocycles. The number of phenols is 2. The fraction of sp³-hybridized carbons (Fsp3) is 0.133. The molecule has 5 nitrogen and oxygen atoms in total. The average molecular weight is 274 g/mol. The number of carbonyl (C=O) groups excluding carboxylic acids is 1. The summed E-state index contributed by atoms with van der Waals surface area (Å²) in [6.45, 7) is 0. The van der Waals surface area contributed by atoms with E-state index in [1.54, 1.807) is 12.1 Å². The molecule has 2 aromatic carbocycles. The Kier molecular flexibility index (Phi) is 3.79. The number of benzene rings is 2. The van der Waals surface area contributed by atoms with Gasteiger partial charge >= 0.3 is 0 Å². The zero-order valence-corrected chi connectivity index (χ0v) is 11.1. The van der Waals surface area contributed by atoms with Crippen LogP contribution in [-0.4, -0.2) is 30.7 Å². The van der Waals surface area contributed by atoms with E-state index in [2.05, 4.69) is 0 Å². The van der Waals surface area contributed by atoms with Crippen molar-refractivity contribution in [1.82, 2.24) is 0 Å².